The molecule has 114 valence electrons. The van der Waals surface area contributed by atoms with Crippen LogP contribution in [0.3, 0.4) is 0 Å². The van der Waals surface area contributed by atoms with E-state index in [-0.39, 0.29) is 11.8 Å². The minimum absolute atomic E-state index is 0.0415. The molecule has 0 bridgehead atoms. The molecule has 2 rings (SSSR count). The van der Waals surface area contributed by atoms with Crippen LogP contribution in [-0.2, 0) is 9.59 Å². The zero-order valence-corrected chi connectivity index (χ0v) is 13.3. The summed E-state index contributed by atoms with van der Waals surface area (Å²) in [5.41, 5.74) is 1.06. The fourth-order valence-electron chi connectivity index (χ4n) is 2.10. The maximum absolute atomic E-state index is 12.1. The first kappa shape index (κ1) is 15.7. The maximum Gasteiger partial charge on any atom is 0.246 e. The van der Waals surface area contributed by atoms with Gasteiger partial charge in [0.1, 0.15) is 0 Å². The molecule has 1 saturated heterocycles. The topological polar surface area (TPSA) is 43.9 Å². The molecule has 0 spiro atoms. The molecule has 6 heteroatoms. The Labute approximate surface area is 129 Å². The third kappa shape index (κ3) is 4.68. The van der Waals surface area contributed by atoms with Gasteiger partial charge in [-0.25, -0.2) is 0 Å². The molecule has 2 amide bonds. The Morgan fingerprint density at radius 2 is 2.00 bits per heavy atom. The summed E-state index contributed by atoms with van der Waals surface area (Å²) in [6.07, 6.45) is 3.48. The van der Waals surface area contributed by atoms with Crippen LogP contribution in [0.4, 0.5) is 0 Å². The summed E-state index contributed by atoms with van der Waals surface area (Å²) in [5.74, 6) is 0.145. The van der Waals surface area contributed by atoms with Crippen molar-refractivity contribution in [1.29, 1.82) is 0 Å². The van der Waals surface area contributed by atoms with E-state index in [1.54, 1.807) is 36.4 Å². The second kappa shape index (κ2) is 7.38. The van der Waals surface area contributed by atoms with E-state index in [1.807, 2.05) is 27.8 Å². The van der Waals surface area contributed by atoms with Crippen LogP contribution in [0.15, 0.2) is 22.9 Å². The number of thiophene rings is 1. The van der Waals surface area contributed by atoms with Crippen LogP contribution in [0.1, 0.15) is 5.56 Å². The summed E-state index contributed by atoms with van der Waals surface area (Å²) in [5, 5.41) is 4.00. The van der Waals surface area contributed by atoms with E-state index in [9.17, 15) is 9.59 Å². The van der Waals surface area contributed by atoms with E-state index in [0.717, 1.165) is 18.7 Å². The summed E-state index contributed by atoms with van der Waals surface area (Å²) in [6, 6.07) is 1.99. The maximum atomic E-state index is 12.1. The molecule has 0 aliphatic carbocycles. The van der Waals surface area contributed by atoms with E-state index in [0.29, 0.717) is 19.6 Å². The molecule has 0 radical (unpaired) electrons. The van der Waals surface area contributed by atoms with Gasteiger partial charge in [0.05, 0.1) is 6.54 Å². The summed E-state index contributed by atoms with van der Waals surface area (Å²) in [7, 11) is 3.52. The van der Waals surface area contributed by atoms with Crippen LogP contribution in [0, 0.1) is 0 Å². The Bertz CT molecular complexity index is 503. The molecule has 1 aromatic heterocycles. The molecule has 0 N–H and O–H groups in total. The number of hydrogen-bond acceptors (Lipinski definition) is 4. The molecule has 1 fully saturated rings. The molecule has 1 aromatic rings. The first-order valence-electron chi connectivity index (χ1n) is 6.98. The molecule has 1 aliphatic rings. The standard InChI is InChI=1S/C15H21N3O2S/c1-16(2)15(20)11-17-6-8-18(9-7-17)14(19)4-3-13-5-10-21-12-13/h3-5,10,12H,6-9,11H2,1-2H3/b4-3+. The van der Waals surface area contributed by atoms with Crippen molar-refractivity contribution in [3.63, 3.8) is 0 Å². The zero-order valence-electron chi connectivity index (χ0n) is 12.5. The zero-order chi connectivity index (χ0) is 15.2. The lowest BCUT2D eigenvalue weighted by atomic mass is 10.2. The fourth-order valence-corrected chi connectivity index (χ4v) is 2.73. The van der Waals surface area contributed by atoms with E-state index in [2.05, 4.69) is 4.90 Å². The van der Waals surface area contributed by atoms with Gasteiger partial charge in [-0.05, 0) is 28.5 Å². The highest BCUT2D eigenvalue weighted by atomic mass is 32.1. The van der Waals surface area contributed by atoms with Gasteiger partial charge in [0.15, 0.2) is 0 Å². The van der Waals surface area contributed by atoms with E-state index in [1.165, 1.54) is 0 Å². The number of likely N-dealkylation sites (N-methyl/N-ethyl adjacent to an activating group) is 1. The predicted octanol–water partition coefficient (Wildman–Crippen LogP) is 0.994. The van der Waals surface area contributed by atoms with Gasteiger partial charge in [-0.2, -0.15) is 11.3 Å². The summed E-state index contributed by atoms with van der Waals surface area (Å²) >= 11 is 1.62. The van der Waals surface area contributed by atoms with E-state index >= 15 is 0 Å². The first-order chi connectivity index (χ1) is 10.1. The normalized spacial score (nSPS) is 16.4. The lowest BCUT2D eigenvalue weighted by molar-refractivity contribution is -0.131. The quantitative estimate of drug-likeness (QED) is 0.779. The van der Waals surface area contributed by atoms with Crippen LogP contribution >= 0.6 is 11.3 Å². The number of rotatable bonds is 4. The van der Waals surface area contributed by atoms with E-state index in [4.69, 9.17) is 0 Å². The number of carbonyl (C=O) groups excluding carboxylic acids is 2. The number of piperazine rings is 1. The number of nitrogens with zero attached hydrogens (tertiary/aromatic N) is 3. The molecule has 2 heterocycles. The highest BCUT2D eigenvalue weighted by Gasteiger charge is 2.21. The Morgan fingerprint density at radius 1 is 1.29 bits per heavy atom. The van der Waals surface area contributed by atoms with Crippen LogP contribution in [0.25, 0.3) is 6.08 Å². The predicted molar refractivity (Wildman–Crippen MR) is 85.1 cm³/mol. The molecule has 1 aliphatic heterocycles. The molecule has 0 unspecified atom stereocenters. The van der Waals surface area contributed by atoms with Crippen LogP contribution < -0.4 is 0 Å². The Morgan fingerprint density at radius 3 is 2.57 bits per heavy atom. The van der Waals surface area contributed by atoms with Crippen molar-refractivity contribution < 1.29 is 9.59 Å². The summed E-state index contributed by atoms with van der Waals surface area (Å²) in [4.78, 5) is 29.3. The number of hydrogen-bond donors (Lipinski definition) is 0. The Kier molecular flexibility index (Phi) is 5.52. The third-order valence-corrected chi connectivity index (χ3v) is 4.20. The van der Waals surface area contributed by atoms with Gasteiger partial charge in [0.25, 0.3) is 0 Å². The van der Waals surface area contributed by atoms with Gasteiger partial charge in [-0.15, -0.1) is 0 Å². The Hall–Kier alpha value is -1.66. The lowest BCUT2D eigenvalue weighted by Gasteiger charge is -2.34. The van der Waals surface area contributed by atoms with Crippen LogP contribution in [-0.4, -0.2) is 73.3 Å². The van der Waals surface area contributed by atoms with E-state index < -0.39 is 0 Å². The highest BCUT2D eigenvalue weighted by molar-refractivity contribution is 7.08. The minimum atomic E-state index is 0.0415. The molecular weight excluding hydrogens is 286 g/mol. The lowest BCUT2D eigenvalue weighted by Crippen LogP contribution is -2.50. The average molecular weight is 307 g/mol. The molecule has 21 heavy (non-hydrogen) atoms. The van der Waals surface area contributed by atoms with Crippen molar-refractivity contribution >= 4 is 29.2 Å². The van der Waals surface area contributed by atoms with Gasteiger partial charge in [0.2, 0.25) is 11.8 Å². The van der Waals surface area contributed by atoms with Crippen molar-refractivity contribution in [1.82, 2.24) is 14.7 Å². The van der Waals surface area contributed by atoms with Crippen molar-refractivity contribution in [2.75, 3.05) is 46.8 Å². The second-order valence-corrected chi connectivity index (χ2v) is 6.06. The van der Waals surface area contributed by atoms with Gasteiger partial charge < -0.3 is 9.80 Å². The van der Waals surface area contributed by atoms with Crippen molar-refractivity contribution in [2.45, 2.75) is 0 Å². The Balaban J connectivity index is 1.78. The molecule has 0 atom stereocenters. The van der Waals surface area contributed by atoms with Crippen molar-refractivity contribution in [2.24, 2.45) is 0 Å². The summed E-state index contributed by atoms with van der Waals surface area (Å²) in [6.45, 7) is 3.27. The van der Waals surface area contributed by atoms with Gasteiger partial charge >= 0.3 is 0 Å². The fraction of sp³-hybridized carbons (Fsp3) is 0.467. The average Bonchev–Trinajstić information content (AvgIpc) is 2.98. The third-order valence-electron chi connectivity index (χ3n) is 3.50. The number of carbonyl (C=O) groups is 2. The number of amides is 2. The van der Waals surface area contributed by atoms with Gasteiger partial charge in [0, 0.05) is 46.4 Å². The first-order valence-corrected chi connectivity index (χ1v) is 7.92. The van der Waals surface area contributed by atoms with Crippen LogP contribution in [0.2, 0.25) is 0 Å². The molecular formula is C15H21N3O2S. The minimum Gasteiger partial charge on any atom is -0.348 e. The highest BCUT2D eigenvalue weighted by Crippen LogP contribution is 2.09. The molecule has 0 aromatic carbocycles. The largest absolute Gasteiger partial charge is 0.348 e. The van der Waals surface area contributed by atoms with Crippen molar-refractivity contribution in [3.8, 4) is 0 Å². The molecule has 5 nitrogen and oxygen atoms in total. The molecule has 0 saturated carbocycles. The monoisotopic (exact) mass is 307 g/mol. The summed E-state index contributed by atoms with van der Waals surface area (Å²) < 4.78 is 0. The van der Waals surface area contributed by atoms with Crippen LogP contribution in [0.5, 0.6) is 0 Å². The van der Waals surface area contributed by atoms with Gasteiger partial charge in [-0.1, -0.05) is 0 Å². The smallest absolute Gasteiger partial charge is 0.246 e. The SMILES string of the molecule is CN(C)C(=O)CN1CCN(C(=O)/C=C/c2ccsc2)CC1. The van der Waals surface area contributed by atoms with Crippen molar-refractivity contribution in [3.05, 3.63) is 28.5 Å². The second-order valence-electron chi connectivity index (χ2n) is 5.28. The van der Waals surface area contributed by atoms with Gasteiger partial charge in [-0.3, -0.25) is 14.5 Å².